The highest BCUT2D eigenvalue weighted by Gasteiger charge is 2.20. The van der Waals surface area contributed by atoms with Gasteiger partial charge in [-0.1, -0.05) is 115 Å². The third-order valence-electron chi connectivity index (χ3n) is 9.70. The van der Waals surface area contributed by atoms with Crippen molar-refractivity contribution in [3.05, 3.63) is 182 Å². The van der Waals surface area contributed by atoms with Crippen LogP contribution in [0.1, 0.15) is 0 Å². The summed E-state index contributed by atoms with van der Waals surface area (Å²) in [6.45, 7) is 0. The molecule has 8 aromatic carbocycles. The minimum Gasteiger partial charge on any atom is -0.456 e. The van der Waals surface area contributed by atoms with Gasteiger partial charge in [-0.05, 0) is 93.7 Å². The normalized spacial score (nSPS) is 11.5. The summed E-state index contributed by atoms with van der Waals surface area (Å²) in [7, 11) is 0. The van der Waals surface area contributed by atoms with Gasteiger partial charge in [0.1, 0.15) is 16.7 Å². The van der Waals surface area contributed by atoms with Crippen molar-refractivity contribution >= 4 is 60.9 Å². The van der Waals surface area contributed by atoms with Crippen LogP contribution in [-0.2, 0) is 0 Å². The van der Waals surface area contributed by atoms with E-state index in [4.69, 9.17) is 13.8 Å². The molecule has 0 aliphatic heterocycles. The Morgan fingerprint density at radius 2 is 1.06 bits per heavy atom. The number of hydrogen-bond donors (Lipinski definition) is 0. The lowest BCUT2D eigenvalue weighted by atomic mass is 9.97. The predicted molar refractivity (Wildman–Crippen MR) is 210 cm³/mol. The van der Waals surface area contributed by atoms with E-state index >= 15 is 0 Å². The second kappa shape index (κ2) is 11.9. The van der Waals surface area contributed by atoms with Gasteiger partial charge in [0.05, 0.1) is 0 Å². The Bertz CT molecular complexity index is 2830. The van der Waals surface area contributed by atoms with Gasteiger partial charge in [0.15, 0.2) is 5.58 Å². The fourth-order valence-corrected chi connectivity index (χ4v) is 7.29. The largest absolute Gasteiger partial charge is 0.456 e. The molecule has 0 radical (unpaired) electrons. The Morgan fingerprint density at radius 1 is 0.392 bits per heavy atom. The highest BCUT2D eigenvalue weighted by molar-refractivity contribution is 6.12. The Labute approximate surface area is 294 Å². The van der Waals surface area contributed by atoms with E-state index in [1.165, 1.54) is 27.5 Å². The van der Waals surface area contributed by atoms with Gasteiger partial charge in [0.2, 0.25) is 5.89 Å². The lowest BCUT2D eigenvalue weighted by Crippen LogP contribution is -2.10. The van der Waals surface area contributed by atoms with Crippen LogP contribution in [0.25, 0.3) is 77.5 Å². The molecule has 0 unspecified atom stereocenters. The number of rotatable bonds is 6. The summed E-state index contributed by atoms with van der Waals surface area (Å²) in [6, 6.07) is 63.5. The monoisotopic (exact) mass is 654 g/mol. The molecule has 0 bridgehead atoms. The molecule has 0 fully saturated rings. The number of nitrogens with zero attached hydrogens (tertiary/aromatic N) is 2. The highest BCUT2D eigenvalue weighted by atomic mass is 16.3. The number of hydrogen-bond acceptors (Lipinski definition) is 4. The Balaban J connectivity index is 1.13. The van der Waals surface area contributed by atoms with Crippen molar-refractivity contribution in [2.45, 2.75) is 0 Å². The van der Waals surface area contributed by atoms with Crippen LogP contribution in [0.15, 0.2) is 191 Å². The first kappa shape index (κ1) is 29.0. The Kier molecular flexibility index (Phi) is 6.78. The van der Waals surface area contributed by atoms with Crippen molar-refractivity contribution in [3.63, 3.8) is 0 Å². The Hall–Kier alpha value is -6.91. The first-order valence-electron chi connectivity index (χ1n) is 17.1. The maximum absolute atomic E-state index is 6.57. The first-order valence-corrected chi connectivity index (χ1v) is 17.1. The standard InChI is InChI=1S/C47H30N2O2/c1-2-11-31(12-3-1)32-23-25-35(26-24-32)49(36-16-8-15-34(29-36)39-18-9-14-33-13-4-5-17-38(33)39)37-27-28-40-45(30-37)50-44-22-10-19-41(46(40)44)47-48-42-20-6-7-21-43(42)51-47/h1-30H. The van der Waals surface area contributed by atoms with E-state index < -0.39 is 0 Å². The van der Waals surface area contributed by atoms with E-state index in [0.29, 0.717) is 5.89 Å². The summed E-state index contributed by atoms with van der Waals surface area (Å²) in [5.74, 6) is 0.582. The first-order chi connectivity index (χ1) is 25.3. The number of para-hydroxylation sites is 2. The summed E-state index contributed by atoms with van der Waals surface area (Å²) in [5.41, 5.74) is 11.9. The molecule has 10 aromatic rings. The van der Waals surface area contributed by atoms with E-state index in [0.717, 1.165) is 61.2 Å². The molecule has 240 valence electrons. The highest BCUT2D eigenvalue weighted by Crippen LogP contribution is 2.43. The summed E-state index contributed by atoms with van der Waals surface area (Å²) in [4.78, 5) is 7.11. The summed E-state index contributed by atoms with van der Waals surface area (Å²) >= 11 is 0. The van der Waals surface area contributed by atoms with Crippen LogP contribution in [-0.4, -0.2) is 4.98 Å². The van der Waals surface area contributed by atoms with Gasteiger partial charge >= 0.3 is 0 Å². The number of aromatic nitrogens is 1. The van der Waals surface area contributed by atoms with E-state index in [2.05, 4.69) is 144 Å². The van der Waals surface area contributed by atoms with E-state index in [9.17, 15) is 0 Å². The zero-order valence-corrected chi connectivity index (χ0v) is 27.5. The minimum atomic E-state index is 0.582. The quantitative estimate of drug-likeness (QED) is 0.179. The van der Waals surface area contributed by atoms with Gasteiger partial charge in [0.25, 0.3) is 0 Å². The second-order valence-electron chi connectivity index (χ2n) is 12.8. The smallest absolute Gasteiger partial charge is 0.228 e. The lowest BCUT2D eigenvalue weighted by molar-refractivity contribution is 0.620. The van der Waals surface area contributed by atoms with Gasteiger partial charge in [-0.2, -0.15) is 0 Å². The van der Waals surface area contributed by atoms with Crippen LogP contribution < -0.4 is 4.90 Å². The number of benzene rings is 8. The van der Waals surface area contributed by atoms with Crippen molar-refractivity contribution in [3.8, 4) is 33.7 Å². The fraction of sp³-hybridized carbons (Fsp3) is 0. The number of anilines is 3. The van der Waals surface area contributed by atoms with Gasteiger partial charge in [-0.25, -0.2) is 4.98 Å². The van der Waals surface area contributed by atoms with Crippen LogP contribution in [0.5, 0.6) is 0 Å². The van der Waals surface area contributed by atoms with Crippen LogP contribution in [0, 0.1) is 0 Å². The molecule has 4 heteroatoms. The third kappa shape index (κ3) is 5.04. The van der Waals surface area contributed by atoms with Crippen molar-refractivity contribution in [1.82, 2.24) is 4.98 Å². The zero-order valence-electron chi connectivity index (χ0n) is 27.5. The third-order valence-corrected chi connectivity index (χ3v) is 9.70. The lowest BCUT2D eigenvalue weighted by Gasteiger charge is -2.26. The van der Waals surface area contributed by atoms with Gasteiger partial charge in [-0.3, -0.25) is 0 Å². The average Bonchev–Trinajstić information content (AvgIpc) is 3.80. The van der Waals surface area contributed by atoms with Crippen LogP contribution in [0.4, 0.5) is 17.1 Å². The van der Waals surface area contributed by atoms with Crippen LogP contribution in [0.3, 0.4) is 0 Å². The molecule has 0 spiro atoms. The summed E-state index contributed by atoms with van der Waals surface area (Å²) in [6.07, 6.45) is 0. The van der Waals surface area contributed by atoms with E-state index in [1.54, 1.807) is 0 Å². The van der Waals surface area contributed by atoms with Gasteiger partial charge in [0, 0.05) is 39.5 Å². The molecule has 2 aromatic heterocycles. The number of fused-ring (bicyclic) bond motifs is 5. The molecule has 0 saturated heterocycles. The maximum atomic E-state index is 6.57. The zero-order chi connectivity index (χ0) is 33.7. The van der Waals surface area contributed by atoms with Crippen molar-refractivity contribution in [1.29, 1.82) is 0 Å². The Morgan fingerprint density at radius 3 is 1.96 bits per heavy atom. The molecule has 0 aliphatic rings. The SMILES string of the molecule is c1ccc(-c2ccc(N(c3cccc(-c4cccc5ccccc45)c3)c3ccc4c(c3)oc3cccc(-c5nc6ccccc6o5)c34)cc2)cc1. The average molecular weight is 655 g/mol. The number of furan rings is 1. The summed E-state index contributed by atoms with van der Waals surface area (Å²) in [5, 5.41) is 4.45. The number of oxazole rings is 1. The van der Waals surface area contributed by atoms with Crippen LogP contribution >= 0.6 is 0 Å². The fourth-order valence-electron chi connectivity index (χ4n) is 7.29. The predicted octanol–water partition coefficient (Wildman–Crippen LogP) is 13.4. The van der Waals surface area contributed by atoms with Crippen molar-refractivity contribution < 1.29 is 8.83 Å². The molecule has 0 saturated carbocycles. The maximum Gasteiger partial charge on any atom is 0.228 e. The van der Waals surface area contributed by atoms with Gasteiger partial charge in [-0.15, -0.1) is 0 Å². The van der Waals surface area contributed by atoms with E-state index in [-0.39, 0.29) is 0 Å². The topological polar surface area (TPSA) is 42.4 Å². The second-order valence-corrected chi connectivity index (χ2v) is 12.8. The molecular weight excluding hydrogens is 625 g/mol. The summed E-state index contributed by atoms with van der Waals surface area (Å²) < 4.78 is 12.8. The van der Waals surface area contributed by atoms with Gasteiger partial charge < -0.3 is 13.7 Å². The molecule has 2 heterocycles. The minimum absolute atomic E-state index is 0.582. The molecule has 51 heavy (non-hydrogen) atoms. The molecule has 0 aliphatic carbocycles. The molecular formula is C47H30N2O2. The van der Waals surface area contributed by atoms with E-state index in [1.807, 2.05) is 42.5 Å². The molecule has 4 nitrogen and oxygen atoms in total. The van der Waals surface area contributed by atoms with Crippen LogP contribution in [0.2, 0.25) is 0 Å². The van der Waals surface area contributed by atoms with Crippen molar-refractivity contribution in [2.75, 3.05) is 4.90 Å². The molecule has 0 amide bonds. The van der Waals surface area contributed by atoms with Crippen molar-refractivity contribution in [2.24, 2.45) is 0 Å². The molecule has 0 N–H and O–H groups in total. The molecule has 10 rings (SSSR count). The molecule has 0 atom stereocenters.